The van der Waals surface area contributed by atoms with E-state index in [0.29, 0.717) is 6.07 Å². The molecular weight excluding hydrogens is 259 g/mol. The molecule has 1 amide bonds. The Kier molecular flexibility index (Phi) is 3.73. The Hall–Kier alpha value is -2.03. The van der Waals surface area contributed by atoms with Crippen molar-refractivity contribution < 1.29 is 23.1 Å². The zero-order chi connectivity index (χ0) is 13.2. The van der Waals surface area contributed by atoms with Crippen LogP contribution in [0, 0.1) is 17.5 Å². The normalized spacial score (nSPS) is 9.82. The van der Waals surface area contributed by atoms with Gasteiger partial charge < -0.3 is 10.8 Å². The molecule has 1 rings (SSSR count). The molecule has 1 aromatic rings. The minimum Gasteiger partial charge on any atom is -0.503 e. The van der Waals surface area contributed by atoms with Crippen LogP contribution in [0.1, 0.15) is 10.4 Å². The van der Waals surface area contributed by atoms with Crippen molar-refractivity contribution in [3.63, 3.8) is 0 Å². The minimum atomic E-state index is -1.78. The molecule has 0 aliphatic rings. The van der Waals surface area contributed by atoms with Crippen LogP contribution in [-0.4, -0.2) is 16.1 Å². The van der Waals surface area contributed by atoms with E-state index in [1.807, 2.05) is 10.9 Å². The van der Waals surface area contributed by atoms with Crippen LogP contribution >= 0.6 is 12.2 Å². The van der Waals surface area contributed by atoms with E-state index < -0.39 is 34.7 Å². The summed E-state index contributed by atoms with van der Waals surface area (Å²) in [5.74, 6) is -7.69. The summed E-state index contributed by atoms with van der Waals surface area (Å²) in [6, 6.07) is 0.293. The van der Waals surface area contributed by atoms with Crippen molar-refractivity contribution in [1.29, 1.82) is 0 Å². The van der Waals surface area contributed by atoms with Crippen LogP contribution in [0.25, 0.3) is 0 Å². The Morgan fingerprint density at radius 2 is 1.88 bits per heavy atom. The minimum absolute atomic E-state index is 0.293. The van der Waals surface area contributed by atoms with Crippen LogP contribution in [0.3, 0.4) is 0 Å². The first-order chi connectivity index (χ1) is 7.84. The molecule has 0 radical (unpaired) electrons. The highest BCUT2D eigenvalue weighted by molar-refractivity contribution is 7.80. The van der Waals surface area contributed by atoms with Crippen molar-refractivity contribution in [2.45, 2.75) is 0 Å². The molecule has 0 fully saturated rings. The van der Waals surface area contributed by atoms with Gasteiger partial charge in [0.25, 0.3) is 5.91 Å². The Bertz CT molecular complexity index is 495. The second-order valence-electron chi connectivity index (χ2n) is 2.83. The Balaban J connectivity index is 3.06. The van der Waals surface area contributed by atoms with Crippen LogP contribution in [-0.2, 0) is 0 Å². The van der Waals surface area contributed by atoms with Gasteiger partial charge in [-0.05, 0) is 18.3 Å². The van der Waals surface area contributed by atoms with Gasteiger partial charge >= 0.3 is 0 Å². The first-order valence-electron chi connectivity index (χ1n) is 4.06. The molecule has 0 unspecified atom stereocenters. The van der Waals surface area contributed by atoms with E-state index in [4.69, 9.17) is 10.8 Å². The van der Waals surface area contributed by atoms with Crippen molar-refractivity contribution in [2.24, 2.45) is 5.73 Å². The number of phenols is 1. The largest absolute Gasteiger partial charge is 0.503 e. The maximum atomic E-state index is 13.2. The number of halogens is 3. The second-order valence-corrected chi connectivity index (χ2v) is 3.27. The van der Waals surface area contributed by atoms with Crippen LogP contribution in [0.4, 0.5) is 13.2 Å². The number of thiocarbonyl (C=S) groups is 1. The molecule has 0 aliphatic carbocycles. The molecule has 0 saturated heterocycles. The molecule has 0 saturated carbocycles. The van der Waals surface area contributed by atoms with Crippen molar-refractivity contribution in [3.05, 3.63) is 29.1 Å². The summed E-state index contributed by atoms with van der Waals surface area (Å²) in [6.45, 7) is 0. The van der Waals surface area contributed by atoms with Crippen LogP contribution in [0.15, 0.2) is 6.07 Å². The van der Waals surface area contributed by atoms with Crippen molar-refractivity contribution in [3.8, 4) is 5.75 Å². The highest BCUT2D eigenvalue weighted by Crippen LogP contribution is 2.25. The van der Waals surface area contributed by atoms with Gasteiger partial charge in [-0.15, -0.1) is 0 Å². The molecule has 17 heavy (non-hydrogen) atoms. The number of carbonyl (C=O) groups excluding carboxylic acids is 1. The molecule has 0 spiro atoms. The van der Waals surface area contributed by atoms with E-state index in [2.05, 4.69) is 12.2 Å². The van der Waals surface area contributed by atoms with Gasteiger partial charge in [0.05, 0.1) is 5.56 Å². The van der Waals surface area contributed by atoms with Gasteiger partial charge in [-0.2, -0.15) is 4.39 Å². The average Bonchev–Trinajstić information content (AvgIpc) is 2.28. The molecule has 0 aliphatic heterocycles. The second kappa shape index (κ2) is 4.87. The fourth-order valence-corrected chi connectivity index (χ4v) is 0.992. The zero-order valence-corrected chi connectivity index (χ0v) is 8.87. The number of hydrazine groups is 1. The van der Waals surface area contributed by atoms with E-state index in [9.17, 15) is 18.0 Å². The number of nitrogens with two attached hydrogens (primary N) is 1. The SMILES string of the molecule is NC(=S)NNC(=O)c1cc(F)c(F)c(O)c1F. The molecule has 1 aromatic carbocycles. The fraction of sp³-hybridized carbons (Fsp3) is 0. The van der Waals surface area contributed by atoms with Gasteiger partial charge in [-0.3, -0.25) is 15.6 Å². The number of amides is 1. The topological polar surface area (TPSA) is 87.4 Å². The van der Waals surface area contributed by atoms with Gasteiger partial charge in [-0.1, -0.05) is 0 Å². The maximum absolute atomic E-state index is 13.2. The van der Waals surface area contributed by atoms with E-state index in [1.165, 1.54) is 0 Å². The van der Waals surface area contributed by atoms with Gasteiger partial charge in [0.2, 0.25) is 5.82 Å². The molecule has 5 N–H and O–H groups in total. The third kappa shape index (κ3) is 2.75. The van der Waals surface area contributed by atoms with Crippen LogP contribution in [0.2, 0.25) is 0 Å². The monoisotopic (exact) mass is 265 g/mol. The smallest absolute Gasteiger partial charge is 0.272 e. The lowest BCUT2D eigenvalue weighted by Crippen LogP contribution is -2.44. The maximum Gasteiger partial charge on any atom is 0.272 e. The summed E-state index contributed by atoms with van der Waals surface area (Å²) < 4.78 is 38.7. The van der Waals surface area contributed by atoms with Crippen molar-refractivity contribution >= 4 is 23.2 Å². The van der Waals surface area contributed by atoms with Gasteiger partial charge in [0, 0.05) is 0 Å². The molecule has 0 aromatic heterocycles. The molecule has 5 nitrogen and oxygen atoms in total. The molecule has 9 heteroatoms. The number of benzene rings is 1. The number of nitrogens with one attached hydrogen (secondary N) is 2. The van der Waals surface area contributed by atoms with Crippen LogP contribution < -0.4 is 16.6 Å². The molecule has 0 heterocycles. The van der Waals surface area contributed by atoms with Crippen LogP contribution in [0.5, 0.6) is 5.75 Å². The number of hydrogen-bond acceptors (Lipinski definition) is 3. The van der Waals surface area contributed by atoms with E-state index >= 15 is 0 Å². The third-order valence-corrected chi connectivity index (χ3v) is 1.78. The molecular formula is C8H6F3N3O2S. The van der Waals surface area contributed by atoms with Gasteiger partial charge in [-0.25, -0.2) is 8.78 Å². The number of hydrogen-bond donors (Lipinski definition) is 4. The quantitative estimate of drug-likeness (QED) is 0.333. The Morgan fingerprint density at radius 1 is 1.29 bits per heavy atom. The summed E-state index contributed by atoms with van der Waals surface area (Å²) in [4.78, 5) is 11.3. The summed E-state index contributed by atoms with van der Waals surface area (Å²) in [7, 11) is 0. The fourth-order valence-electron chi connectivity index (χ4n) is 0.941. The van der Waals surface area contributed by atoms with E-state index in [-0.39, 0.29) is 5.11 Å². The molecule has 92 valence electrons. The average molecular weight is 265 g/mol. The summed E-state index contributed by atoms with van der Waals surface area (Å²) >= 11 is 4.34. The number of phenolic OH excluding ortho intramolecular Hbond substituents is 1. The van der Waals surface area contributed by atoms with Crippen molar-refractivity contribution in [2.75, 3.05) is 0 Å². The lowest BCUT2D eigenvalue weighted by Gasteiger charge is -2.08. The van der Waals surface area contributed by atoms with Crippen molar-refractivity contribution in [1.82, 2.24) is 10.9 Å². The summed E-state index contributed by atoms with van der Waals surface area (Å²) in [5, 5.41) is 8.54. The predicted molar refractivity (Wildman–Crippen MR) is 55.4 cm³/mol. The lowest BCUT2D eigenvalue weighted by atomic mass is 10.1. The number of carbonyl (C=O) groups is 1. The third-order valence-electron chi connectivity index (χ3n) is 1.68. The highest BCUT2D eigenvalue weighted by atomic mass is 32.1. The first kappa shape index (κ1) is 13.0. The summed E-state index contributed by atoms with van der Waals surface area (Å²) in [5.41, 5.74) is 7.86. The standard InChI is InChI=1S/C8H6F3N3O2S/c9-3-1-2(4(10)6(15)5(3)11)7(16)13-14-8(12)17/h1,15H,(H,13,16)(H3,12,14,17). The van der Waals surface area contributed by atoms with Gasteiger partial charge in [0.15, 0.2) is 22.5 Å². The number of rotatable bonds is 1. The number of aromatic hydroxyl groups is 1. The Labute approximate surface area is 98.4 Å². The molecule has 0 atom stereocenters. The Morgan fingerprint density at radius 3 is 2.41 bits per heavy atom. The zero-order valence-electron chi connectivity index (χ0n) is 8.05. The van der Waals surface area contributed by atoms with E-state index in [1.54, 1.807) is 0 Å². The first-order valence-corrected chi connectivity index (χ1v) is 4.47. The summed E-state index contributed by atoms with van der Waals surface area (Å²) in [6.07, 6.45) is 0. The lowest BCUT2D eigenvalue weighted by molar-refractivity contribution is 0.0938. The van der Waals surface area contributed by atoms with Gasteiger partial charge in [0.1, 0.15) is 0 Å². The molecule has 0 bridgehead atoms. The highest BCUT2D eigenvalue weighted by Gasteiger charge is 2.22. The predicted octanol–water partition coefficient (Wildman–Crippen LogP) is 0.288. The van der Waals surface area contributed by atoms with E-state index in [0.717, 1.165) is 0 Å².